The fourth-order valence-corrected chi connectivity index (χ4v) is 5.52. The van der Waals surface area contributed by atoms with Crippen molar-refractivity contribution in [2.45, 2.75) is 45.6 Å². The molecule has 29 heavy (non-hydrogen) atoms. The van der Waals surface area contributed by atoms with E-state index in [4.69, 9.17) is 0 Å². The third-order valence-electron chi connectivity index (χ3n) is 4.74. The van der Waals surface area contributed by atoms with Gasteiger partial charge >= 0.3 is 0 Å². The quantitative estimate of drug-likeness (QED) is 0.444. The van der Waals surface area contributed by atoms with E-state index >= 15 is 0 Å². The highest BCUT2D eigenvalue weighted by Crippen LogP contribution is 2.30. The number of aromatic nitrogens is 1. The van der Waals surface area contributed by atoms with E-state index in [9.17, 15) is 9.59 Å². The Balaban J connectivity index is 1.56. The minimum Gasteiger partial charge on any atom is -0.348 e. The highest BCUT2D eigenvalue weighted by molar-refractivity contribution is 7.14. The van der Waals surface area contributed by atoms with Gasteiger partial charge in [0.2, 0.25) is 11.8 Å². The zero-order valence-corrected chi connectivity index (χ0v) is 19.0. The largest absolute Gasteiger partial charge is 0.348 e. The first kappa shape index (κ1) is 21.7. The molecule has 3 rings (SSSR count). The van der Waals surface area contributed by atoms with Crippen LogP contribution in [0.4, 0.5) is 5.13 Å². The summed E-state index contributed by atoms with van der Waals surface area (Å²) in [6.07, 6.45) is 2.57. The maximum Gasteiger partial charge on any atom is 0.231 e. The number of hydrogen-bond donors (Lipinski definition) is 2. The third-order valence-corrected chi connectivity index (χ3v) is 7.38. The van der Waals surface area contributed by atoms with Crippen LogP contribution >= 0.6 is 34.0 Å². The molecule has 2 N–H and O–H groups in total. The van der Waals surface area contributed by atoms with E-state index in [1.807, 2.05) is 34.3 Å². The van der Waals surface area contributed by atoms with Gasteiger partial charge in [-0.1, -0.05) is 38.8 Å². The van der Waals surface area contributed by atoms with Crippen molar-refractivity contribution in [2.24, 2.45) is 5.92 Å². The Kier molecular flexibility index (Phi) is 7.97. The molecule has 0 aromatic carbocycles. The molecule has 8 heteroatoms. The Labute approximate surface area is 183 Å². The van der Waals surface area contributed by atoms with Gasteiger partial charge in [0.15, 0.2) is 5.13 Å². The lowest BCUT2D eigenvalue weighted by atomic mass is 9.93. The number of thiazole rings is 1. The Morgan fingerprint density at radius 1 is 1.00 bits per heavy atom. The lowest BCUT2D eigenvalue weighted by Gasteiger charge is -2.25. The van der Waals surface area contributed by atoms with Gasteiger partial charge in [-0.3, -0.25) is 9.59 Å². The lowest BCUT2D eigenvalue weighted by Crippen LogP contribution is -2.33. The predicted molar refractivity (Wildman–Crippen MR) is 122 cm³/mol. The van der Waals surface area contributed by atoms with E-state index in [0.29, 0.717) is 23.2 Å². The van der Waals surface area contributed by atoms with Crippen LogP contribution in [0.2, 0.25) is 0 Å². The number of anilines is 1. The molecule has 0 aliphatic rings. The van der Waals surface area contributed by atoms with Crippen LogP contribution in [-0.4, -0.2) is 16.8 Å². The standard InChI is InChI=1S/C21H25N3O2S3/c1-3-14(4-2)20(17-8-6-10-28-17)23-18(25)11-15-13-29-21(22-15)24-19(26)12-16-7-5-9-27-16/h5-10,13-14,20H,3-4,11-12H2,1-2H3,(H,23,25)(H,22,24,26). The molecule has 0 saturated carbocycles. The summed E-state index contributed by atoms with van der Waals surface area (Å²) in [5, 5.41) is 12.4. The summed E-state index contributed by atoms with van der Waals surface area (Å²) in [6.45, 7) is 4.32. The number of hydrogen-bond acceptors (Lipinski definition) is 6. The second-order valence-electron chi connectivity index (χ2n) is 6.76. The van der Waals surface area contributed by atoms with Crippen molar-refractivity contribution in [3.63, 3.8) is 0 Å². The monoisotopic (exact) mass is 447 g/mol. The average Bonchev–Trinajstić information content (AvgIpc) is 3.45. The van der Waals surface area contributed by atoms with Crippen LogP contribution in [0.1, 0.15) is 48.2 Å². The Hall–Kier alpha value is -2.03. The second-order valence-corrected chi connectivity index (χ2v) is 9.63. The molecule has 5 nitrogen and oxygen atoms in total. The molecule has 3 heterocycles. The number of nitrogens with one attached hydrogen (secondary N) is 2. The molecule has 0 aliphatic carbocycles. The van der Waals surface area contributed by atoms with E-state index in [0.717, 1.165) is 17.7 Å². The minimum absolute atomic E-state index is 0.0288. The first-order valence-corrected chi connectivity index (χ1v) is 12.3. The molecule has 0 aliphatic heterocycles. The predicted octanol–water partition coefficient (Wildman–Crippen LogP) is 5.28. The number of carbonyl (C=O) groups is 2. The van der Waals surface area contributed by atoms with E-state index in [1.54, 1.807) is 22.7 Å². The molecule has 154 valence electrons. The van der Waals surface area contributed by atoms with Crippen molar-refractivity contribution in [3.05, 3.63) is 55.9 Å². The van der Waals surface area contributed by atoms with E-state index in [1.165, 1.54) is 16.2 Å². The topological polar surface area (TPSA) is 71.1 Å². The molecule has 1 atom stereocenters. The summed E-state index contributed by atoms with van der Waals surface area (Å²) >= 11 is 4.58. The third kappa shape index (κ3) is 6.22. The van der Waals surface area contributed by atoms with Crippen molar-refractivity contribution in [2.75, 3.05) is 5.32 Å². The molecule has 3 aromatic heterocycles. The SMILES string of the molecule is CCC(CC)C(NC(=O)Cc1csc(NC(=O)Cc2cccs2)n1)c1cccs1. The molecule has 0 radical (unpaired) electrons. The number of carbonyl (C=O) groups excluding carboxylic acids is 2. The molecule has 0 bridgehead atoms. The molecule has 0 spiro atoms. The van der Waals surface area contributed by atoms with E-state index in [-0.39, 0.29) is 24.3 Å². The van der Waals surface area contributed by atoms with Gasteiger partial charge in [-0.15, -0.1) is 34.0 Å². The van der Waals surface area contributed by atoms with Crippen molar-refractivity contribution >= 4 is 51.0 Å². The maximum absolute atomic E-state index is 12.7. The van der Waals surface area contributed by atoms with Crippen LogP contribution in [0.15, 0.2) is 40.4 Å². The fourth-order valence-electron chi connectivity index (χ4n) is 3.22. The number of amides is 2. The Morgan fingerprint density at radius 3 is 2.41 bits per heavy atom. The molecule has 3 aromatic rings. The van der Waals surface area contributed by atoms with Crippen molar-refractivity contribution in [1.82, 2.24) is 10.3 Å². The van der Waals surface area contributed by atoms with E-state index < -0.39 is 0 Å². The van der Waals surface area contributed by atoms with Gasteiger partial charge in [0, 0.05) is 15.1 Å². The first-order chi connectivity index (χ1) is 14.1. The first-order valence-electron chi connectivity index (χ1n) is 9.68. The van der Waals surface area contributed by atoms with Gasteiger partial charge in [-0.2, -0.15) is 0 Å². The molecule has 1 unspecified atom stereocenters. The normalized spacial score (nSPS) is 12.1. The fraction of sp³-hybridized carbons (Fsp3) is 0.381. The van der Waals surface area contributed by atoms with Gasteiger partial charge in [0.1, 0.15) is 0 Å². The summed E-state index contributed by atoms with van der Waals surface area (Å²) in [5.41, 5.74) is 0.674. The Morgan fingerprint density at radius 2 is 1.76 bits per heavy atom. The molecular weight excluding hydrogens is 422 g/mol. The van der Waals surface area contributed by atoms with Gasteiger partial charge in [0.25, 0.3) is 0 Å². The number of thiophene rings is 2. The van der Waals surface area contributed by atoms with Crippen LogP contribution in [0.3, 0.4) is 0 Å². The summed E-state index contributed by atoms with van der Waals surface area (Å²) in [4.78, 5) is 31.4. The highest BCUT2D eigenvalue weighted by Gasteiger charge is 2.23. The van der Waals surface area contributed by atoms with E-state index in [2.05, 4.69) is 35.5 Å². The summed E-state index contributed by atoms with van der Waals surface area (Å²) in [6, 6.07) is 8.00. The zero-order valence-electron chi connectivity index (χ0n) is 16.5. The summed E-state index contributed by atoms with van der Waals surface area (Å²) < 4.78 is 0. The van der Waals surface area contributed by atoms with Crippen LogP contribution in [0.5, 0.6) is 0 Å². The van der Waals surface area contributed by atoms with Crippen molar-refractivity contribution < 1.29 is 9.59 Å². The summed E-state index contributed by atoms with van der Waals surface area (Å²) in [7, 11) is 0. The van der Waals surface area contributed by atoms with Crippen LogP contribution in [0, 0.1) is 5.92 Å². The van der Waals surface area contributed by atoms with Gasteiger partial charge in [-0.25, -0.2) is 4.98 Å². The minimum atomic E-state index is -0.0932. The van der Waals surface area contributed by atoms with Gasteiger partial charge in [-0.05, 0) is 28.8 Å². The van der Waals surface area contributed by atoms with Crippen LogP contribution in [0.25, 0.3) is 0 Å². The van der Waals surface area contributed by atoms with Gasteiger partial charge < -0.3 is 10.6 Å². The number of nitrogens with zero attached hydrogens (tertiary/aromatic N) is 1. The van der Waals surface area contributed by atoms with Crippen LogP contribution < -0.4 is 10.6 Å². The molecule has 0 fully saturated rings. The van der Waals surface area contributed by atoms with Gasteiger partial charge in [0.05, 0.1) is 24.6 Å². The second kappa shape index (κ2) is 10.7. The average molecular weight is 448 g/mol. The highest BCUT2D eigenvalue weighted by atomic mass is 32.1. The summed E-state index contributed by atoms with van der Waals surface area (Å²) in [5.74, 6) is 0.265. The van der Waals surface area contributed by atoms with Crippen molar-refractivity contribution in [1.29, 1.82) is 0 Å². The molecule has 2 amide bonds. The zero-order chi connectivity index (χ0) is 20.6. The molecule has 0 saturated heterocycles. The molecular formula is C21H25N3O2S3. The lowest BCUT2D eigenvalue weighted by molar-refractivity contribution is -0.121. The van der Waals surface area contributed by atoms with Crippen LogP contribution in [-0.2, 0) is 22.4 Å². The number of rotatable bonds is 10. The van der Waals surface area contributed by atoms with Crippen molar-refractivity contribution in [3.8, 4) is 0 Å². The Bertz CT molecular complexity index is 900. The maximum atomic E-state index is 12.7. The smallest absolute Gasteiger partial charge is 0.231 e.